The second-order valence-electron chi connectivity index (χ2n) is 11.5. The lowest BCUT2D eigenvalue weighted by Gasteiger charge is -2.26. The average molecular weight is 697 g/mol. The topological polar surface area (TPSA) is 43.4 Å². The van der Waals surface area contributed by atoms with Gasteiger partial charge in [0.05, 0.1) is 26.4 Å². The summed E-state index contributed by atoms with van der Waals surface area (Å²) in [5.74, 6) is 3.42. The van der Waals surface area contributed by atoms with E-state index in [0.717, 1.165) is 66.9 Å². The second kappa shape index (κ2) is 17.4. The van der Waals surface area contributed by atoms with Crippen LogP contribution in [-0.4, -0.2) is 26.4 Å². The molecule has 51 heavy (non-hydrogen) atoms. The summed E-state index contributed by atoms with van der Waals surface area (Å²) in [7, 11) is 0. The van der Waals surface area contributed by atoms with Crippen LogP contribution in [0.2, 0.25) is 0 Å². The molecule has 0 fully saturated rings. The van der Waals surface area contributed by atoms with Gasteiger partial charge in [-0.1, -0.05) is 11.8 Å². The summed E-state index contributed by atoms with van der Waals surface area (Å²) in [5, 5.41) is 0. The highest BCUT2D eigenvalue weighted by atomic mass is 32.2. The third-order valence-corrected chi connectivity index (χ3v) is 9.06. The minimum atomic E-state index is 0.632. The van der Waals surface area contributed by atoms with Crippen LogP contribution in [-0.2, 0) is 0 Å². The van der Waals surface area contributed by atoms with E-state index in [2.05, 4.69) is 107 Å². The van der Waals surface area contributed by atoms with Gasteiger partial charge in [-0.25, -0.2) is 0 Å². The molecular formula is C44H44N2O4S. The van der Waals surface area contributed by atoms with E-state index in [1.807, 2.05) is 76.2 Å². The van der Waals surface area contributed by atoms with Crippen molar-refractivity contribution in [3.05, 3.63) is 146 Å². The van der Waals surface area contributed by atoms with Crippen molar-refractivity contribution in [1.29, 1.82) is 0 Å². The lowest BCUT2D eigenvalue weighted by Crippen LogP contribution is -2.10. The van der Waals surface area contributed by atoms with E-state index in [0.29, 0.717) is 26.4 Å². The molecule has 0 bridgehead atoms. The highest BCUT2D eigenvalue weighted by molar-refractivity contribution is 7.99. The number of anilines is 6. The van der Waals surface area contributed by atoms with Crippen molar-refractivity contribution >= 4 is 45.9 Å². The maximum absolute atomic E-state index is 5.71. The molecular weight excluding hydrogens is 653 g/mol. The Morgan fingerprint density at radius 3 is 0.706 bits per heavy atom. The van der Waals surface area contributed by atoms with Gasteiger partial charge in [-0.3, -0.25) is 0 Å². The summed E-state index contributed by atoms with van der Waals surface area (Å²) in [6.07, 6.45) is 0. The normalized spacial score (nSPS) is 10.7. The molecule has 0 saturated carbocycles. The Bertz CT molecular complexity index is 1690. The highest BCUT2D eigenvalue weighted by Gasteiger charge is 2.15. The Morgan fingerprint density at radius 2 is 0.510 bits per heavy atom. The third kappa shape index (κ3) is 8.99. The SMILES string of the molecule is CCOc1ccc(N(c2ccc(OCC)cc2)c2ccc(Sc3ccc(N(c4ccc(OCC)cc4)c4ccc(OCC)cc4)cc3)cc2)cc1. The van der Waals surface area contributed by atoms with Crippen LogP contribution < -0.4 is 28.7 Å². The van der Waals surface area contributed by atoms with Gasteiger partial charge in [-0.05, 0) is 173 Å². The van der Waals surface area contributed by atoms with Gasteiger partial charge in [0.2, 0.25) is 0 Å². The summed E-state index contributed by atoms with van der Waals surface area (Å²) >= 11 is 1.74. The zero-order valence-corrected chi connectivity index (χ0v) is 30.4. The van der Waals surface area contributed by atoms with Crippen molar-refractivity contribution < 1.29 is 18.9 Å². The first-order valence-electron chi connectivity index (χ1n) is 17.5. The fourth-order valence-corrected chi connectivity index (χ4v) is 6.61. The van der Waals surface area contributed by atoms with Gasteiger partial charge >= 0.3 is 0 Å². The maximum Gasteiger partial charge on any atom is 0.119 e. The fraction of sp³-hybridized carbons (Fsp3) is 0.182. The van der Waals surface area contributed by atoms with Crippen LogP contribution in [0.1, 0.15) is 27.7 Å². The van der Waals surface area contributed by atoms with E-state index in [4.69, 9.17) is 18.9 Å². The highest BCUT2D eigenvalue weighted by Crippen LogP contribution is 2.40. The summed E-state index contributed by atoms with van der Waals surface area (Å²) in [6, 6.07) is 50.3. The molecule has 0 aromatic heterocycles. The summed E-state index contributed by atoms with van der Waals surface area (Å²) < 4.78 is 22.8. The van der Waals surface area contributed by atoms with E-state index in [1.165, 1.54) is 0 Å². The van der Waals surface area contributed by atoms with Gasteiger partial charge in [0.1, 0.15) is 23.0 Å². The van der Waals surface area contributed by atoms with Crippen molar-refractivity contribution in [3.63, 3.8) is 0 Å². The van der Waals surface area contributed by atoms with E-state index in [9.17, 15) is 0 Å². The third-order valence-electron chi connectivity index (χ3n) is 8.05. The van der Waals surface area contributed by atoms with E-state index < -0.39 is 0 Å². The molecule has 0 N–H and O–H groups in total. The minimum absolute atomic E-state index is 0.632. The largest absolute Gasteiger partial charge is 0.494 e. The van der Waals surface area contributed by atoms with Gasteiger partial charge < -0.3 is 28.7 Å². The smallest absolute Gasteiger partial charge is 0.119 e. The molecule has 0 heterocycles. The Labute approximate surface area is 306 Å². The van der Waals surface area contributed by atoms with Crippen molar-refractivity contribution in [2.45, 2.75) is 37.5 Å². The zero-order valence-electron chi connectivity index (χ0n) is 29.6. The van der Waals surface area contributed by atoms with Crippen LogP contribution in [0.3, 0.4) is 0 Å². The van der Waals surface area contributed by atoms with E-state index in [1.54, 1.807) is 11.8 Å². The number of hydrogen-bond donors (Lipinski definition) is 0. The molecule has 0 spiro atoms. The number of nitrogens with zero attached hydrogens (tertiary/aromatic N) is 2. The van der Waals surface area contributed by atoms with Crippen molar-refractivity contribution in [2.75, 3.05) is 36.2 Å². The monoisotopic (exact) mass is 696 g/mol. The number of rotatable bonds is 16. The molecule has 0 amide bonds. The first kappa shape index (κ1) is 35.3. The van der Waals surface area contributed by atoms with Crippen LogP contribution in [0.5, 0.6) is 23.0 Å². The Hall–Kier alpha value is -5.53. The molecule has 0 atom stereocenters. The van der Waals surface area contributed by atoms with Gasteiger partial charge in [0.25, 0.3) is 0 Å². The Kier molecular flexibility index (Phi) is 12.1. The van der Waals surface area contributed by atoms with Gasteiger partial charge in [-0.2, -0.15) is 0 Å². The van der Waals surface area contributed by atoms with Crippen molar-refractivity contribution in [3.8, 4) is 23.0 Å². The van der Waals surface area contributed by atoms with Crippen LogP contribution in [0.25, 0.3) is 0 Å². The van der Waals surface area contributed by atoms with Crippen molar-refractivity contribution in [1.82, 2.24) is 0 Å². The van der Waals surface area contributed by atoms with Crippen LogP contribution in [0.4, 0.5) is 34.1 Å². The van der Waals surface area contributed by atoms with E-state index >= 15 is 0 Å². The first-order valence-corrected chi connectivity index (χ1v) is 18.3. The predicted octanol–water partition coefficient (Wildman–Crippen LogP) is 12.4. The van der Waals surface area contributed by atoms with Crippen LogP contribution in [0.15, 0.2) is 155 Å². The number of ether oxygens (including phenoxy) is 4. The molecule has 0 radical (unpaired) electrons. The summed E-state index contributed by atoms with van der Waals surface area (Å²) in [4.78, 5) is 6.79. The van der Waals surface area contributed by atoms with Gasteiger partial charge in [-0.15, -0.1) is 0 Å². The van der Waals surface area contributed by atoms with E-state index in [-0.39, 0.29) is 0 Å². The molecule has 0 aliphatic heterocycles. The number of benzene rings is 6. The molecule has 0 saturated heterocycles. The molecule has 6 aromatic carbocycles. The summed E-state index contributed by atoms with van der Waals surface area (Å²) in [5.41, 5.74) is 6.30. The molecule has 0 aliphatic rings. The van der Waals surface area contributed by atoms with Gasteiger partial charge in [0.15, 0.2) is 0 Å². The Balaban J connectivity index is 1.23. The van der Waals surface area contributed by atoms with Gasteiger partial charge in [0, 0.05) is 43.9 Å². The summed E-state index contributed by atoms with van der Waals surface area (Å²) in [6.45, 7) is 10.5. The predicted molar refractivity (Wildman–Crippen MR) is 211 cm³/mol. The Morgan fingerprint density at radius 1 is 0.314 bits per heavy atom. The molecule has 260 valence electrons. The lowest BCUT2D eigenvalue weighted by atomic mass is 10.2. The average Bonchev–Trinajstić information content (AvgIpc) is 3.16. The first-order chi connectivity index (χ1) is 25.1. The van der Waals surface area contributed by atoms with Crippen LogP contribution in [0, 0.1) is 0 Å². The molecule has 0 aliphatic carbocycles. The molecule has 6 nitrogen and oxygen atoms in total. The van der Waals surface area contributed by atoms with Crippen LogP contribution >= 0.6 is 11.8 Å². The molecule has 6 aromatic rings. The quantitative estimate of drug-likeness (QED) is 0.0998. The molecule has 6 rings (SSSR count). The standard InChI is InChI=1S/C44H44N2O4S/c1-5-47-39-21-9-33(10-22-39)45(34-11-23-40(24-12-34)48-6-2)37-17-29-43(30-18-37)51-44-31-19-38(20-32-44)46(35-13-25-41(26-14-35)49-7-3)36-15-27-42(28-16-36)50-8-4/h9-32H,5-8H2,1-4H3. The molecule has 0 unspecified atom stereocenters. The second-order valence-corrected chi connectivity index (χ2v) is 12.6. The fourth-order valence-electron chi connectivity index (χ4n) is 5.79. The van der Waals surface area contributed by atoms with Crippen molar-refractivity contribution in [2.24, 2.45) is 0 Å². The minimum Gasteiger partial charge on any atom is -0.494 e. The maximum atomic E-state index is 5.71. The molecule has 7 heteroatoms. The number of hydrogen-bond acceptors (Lipinski definition) is 7. The lowest BCUT2D eigenvalue weighted by molar-refractivity contribution is 0.340. The zero-order chi connectivity index (χ0) is 35.4.